The second kappa shape index (κ2) is 5.82. The van der Waals surface area contributed by atoms with E-state index in [0.717, 1.165) is 21.7 Å². The van der Waals surface area contributed by atoms with Crippen LogP contribution in [0.4, 0.5) is 5.95 Å². The molecule has 5 aromatic rings. The molecule has 0 unspecified atom stereocenters. The Balaban J connectivity index is 1.66. The van der Waals surface area contributed by atoms with E-state index < -0.39 is 0 Å². The average Bonchev–Trinajstić information content (AvgIpc) is 3.41. The molecular weight excluding hydrogens is 346 g/mol. The van der Waals surface area contributed by atoms with E-state index in [2.05, 4.69) is 38.6 Å². The average molecular weight is 359 g/mol. The van der Waals surface area contributed by atoms with Gasteiger partial charge >= 0.3 is 0 Å². The van der Waals surface area contributed by atoms with Crippen molar-refractivity contribution in [2.75, 3.05) is 5.73 Å². The highest BCUT2D eigenvalue weighted by Crippen LogP contribution is 2.36. The Labute approximate surface area is 152 Å². The van der Waals surface area contributed by atoms with Crippen molar-refractivity contribution in [1.29, 1.82) is 0 Å². The Hall–Kier alpha value is -3.45. The molecule has 0 atom stereocenters. The highest BCUT2D eigenvalue weighted by molar-refractivity contribution is 7.14. The van der Waals surface area contributed by atoms with E-state index >= 15 is 0 Å². The quantitative estimate of drug-likeness (QED) is 0.517. The molecule has 0 bridgehead atoms. The molecule has 0 amide bonds. The molecule has 2 N–H and O–H groups in total. The van der Waals surface area contributed by atoms with Crippen LogP contribution in [0.2, 0.25) is 0 Å². The number of nitrogen functional groups attached to an aromatic ring is 1. The Bertz CT molecular complexity index is 1190. The molecule has 0 aliphatic heterocycles. The lowest BCUT2D eigenvalue weighted by Gasteiger charge is -2.05. The summed E-state index contributed by atoms with van der Waals surface area (Å²) in [5.74, 6) is 1.36. The van der Waals surface area contributed by atoms with Crippen LogP contribution in [0.1, 0.15) is 0 Å². The molecule has 6 nitrogen and oxygen atoms in total. The van der Waals surface area contributed by atoms with Gasteiger partial charge in [0.2, 0.25) is 11.8 Å². The first-order valence-electron chi connectivity index (χ1n) is 8.00. The maximum Gasteiger partial charge on any atom is 0.223 e. The summed E-state index contributed by atoms with van der Waals surface area (Å²) in [5, 5.41) is 6.44. The lowest BCUT2D eigenvalue weighted by atomic mass is 10.1. The summed E-state index contributed by atoms with van der Waals surface area (Å²) in [6, 6.07) is 17.8. The van der Waals surface area contributed by atoms with Crippen molar-refractivity contribution >= 4 is 22.9 Å². The van der Waals surface area contributed by atoms with Crippen LogP contribution >= 0.6 is 11.3 Å². The standard InChI is InChI=1S/C19H13N5OS/c20-19-21-14(13-8-10-26-17(13)12-5-2-1-3-6-12)11-16-22-18(23-24(16)19)15-7-4-9-25-15/h1-11H,(H2,20,21). The zero-order valence-electron chi connectivity index (χ0n) is 13.5. The Kier molecular flexibility index (Phi) is 3.32. The lowest BCUT2D eigenvalue weighted by molar-refractivity contribution is 0.577. The van der Waals surface area contributed by atoms with Gasteiger partial charge in [-0.2, -0.15) is 4.52 Å². The number of hydrogen-bond acceptors (Lipinski definition) is 6. The van der Waals surface area contributed by atoms with Crippen LogP contribution in [0.3, 0.4) is 0 Å². The van der Waals surface area contributed by atoms with Crippen molar-refractivity contribution in [2.45, 2.75) is 0 Å². The van der Waals surface area contributed by atoms with Crippen LogP contribution in [0, 0.1) is 0 Å². The highest BCUT2D eigenvalue weighted by atomic mass is 32.1. The van der Waals surface area contributed by atoms with Crippen LogP contribution in [0.5, 0.6) is 0 Å². The van der Waals surface area contributed by atoms with Crippen LogP contribution in [-0.4, -0.2) is 19.6 Å². The van der Waals surface area contributed by atoms with Gasteiger partial charge in [-0.1, -0.05) is 30.3 Å². The van der Waals surface area contributed by atoms with Crippen LogP contribution in [0.25, 0.3) is 38.9 Å². The summed E-state index contributed by atoms with van der Waals surface area (Å²) in [6.07, 6.45) is 1.59. The van der Waals surface area contributed by atoms with Gasteiger partial charge in [0.25, 0.3) is 0 Å². The Morgan fingerprint density at radius 1 is 1.00 bits per heavy atom. The zero-order chi connectivity index (χ0) is 17.5. The molecule has 0 radical (unpaired) electrons. The third kappa shape index (κ3) is 2.37. The van der Waals surface area contributed by atoms with Crippen molar-refractivity contribution < 1.29 is 4.42 Å². The summed E-state index contributed by atoms with van der Waals surface area (Å²) >= 11 is 1.67. The lowest BCUT2D eigenvalue weighted by Crippen LogP contribution is -2.03. The second-order valence-electron chi connectivity index (χ2n) is 5.71. The second-order valence-corrected chi connectivity index (χ2v) is 6.63. The number of furan rings is 1. The molecule has 0 fully saturated rings. The van der Waals surface area contributed by atoms with Crippen LogP contribution in [-0.2, 0) is 0 Å². The predicted molar refractivity (Wildman–Crippen MR) is 102 cm³/mol. The third-order valence-corrected chi connectivity index (χ3v) is 5.03. The number of aromatic nitrogens is 4. The van der Waals surface area contributed by atoms with Gasteiger partial charge in [0, 0.05) is 16.5 Å². The van der Waals surface area contributed by atoms with E-state index in [1.807, 2.05) is 30.3 Å². The molecule has 5 rings (SSSR count). The predicted octanol–water partition coefficient (Wildman–Crippen LogP) is 4.36. The molecule has 0 spiro atoms. The first kappa shape index (κ1) is 14.9. The number of anilines is 1. The maximum absolute atomic E-state index is 6.14. The van der Waals surface area contributed by atoms with Crippen LogP contribution < -0.4 is 5.73 Å². The van der Waals surface area contributed by atoms with E-state index in [1.165, 1.54) is 4.52 Å². The van der Waals surface area contributed by atoms with Gasteiger partial charge in [-0.15, -0.1) is 16.4 Å². The third-order valence-electron chi connectivity index (χ3n) is 4.07. The monoisotopic (exact) mass is 359 g/mol. The molecule has 0 aliphatic carbocycles. The number of hydrogen-bond donors (Lipinski definition) is 1. The molecule has 7 heteroatoms. The number of rotatable bonds is 3. The normalized spacial score (nSPS) is 11.2. The van der Waals surface area contributed by atoms with Gasteiger partial charge in [0.05, 0.1) is 12.0 Å². The highest BCUT2D eigenvalue weighted by Gasteiger charge is 2.16. The number of nitrogens with zero attached hydrogens (tertiary/aromatic N) is 4. The number of thiophene rings is 1. The molecule has 0 saturated heterocycles. The summed E-state index contributed by atoms with van der Waals surface area (Å²) in [6.45, 7) is 0. The number of fused-ring (bicyclic) bond motifs is 1. The SMILES string of the molecule is Nc1nc(-c2ccsc2-c2ccccc2)cc2nc(-c3ccco3)nn12. The van der Waals surface area contributed by atoms with Gasteiger partial charge in [-0.25, -0.2) is 9.97 Å². The fourth-order valence-corrected chi connectivity index (χ4v) is 3.80. The Morgan fingerprint density at radius 3 is 2.69 bits per heavy atom. The van der Waals surface area contributed by atoms with Crippen molar-refractivity contribution in [1.82, 2.24) is 19.6 Å². The molecular formula is C19H13N5OS. The minimum atomic E-state index is 0.285. The first-order chi connectivity index (χ1) is 12.8. The van der Waals surface area contributed by atoms with E-state index in [0.29, 0.717) is 17.2 Å². The number of nitrogens with two attached hydrogens (primary N) is 1. The van der Waals surface area contributed by atoms with Gasteiger partial charge in [-0.05, 0) is 29.1 Å². The van der Waals surface area contributed by atoms with Crippen molar-refractivity contribution in [3.63, 3.8) is 0 Å². The minimum absolute atomic E-state index is 0.285. The first-order valence-corrected chi connectivity index (χ1v) is 8.88. The molecule has 26 heavy (non-hydrogen) atoms. The summed E-state index contributed by atoms with van der Waals surface area (Å²) in [4.78, 5) is 10.2. The van der Waals surface area contributed by atoms with Gasteiger partial charge in [0.15, 0.2) is 11.4 Å². The fraction of sp³-hybridized carbons (Fsp3) is 0. The van der Waals surface area contributed by atoms with Crippen molar-refractivity contribution in [3.05, 3.63) is 66.2 Å². The van der Waals surface area contributed by atoms with Gasteiger partial charge in [-0.3, -0.25) is 0 Å². The molecule has 1 aromatic carbocycles. The van der Waals surface area contributed by atoms with Gasteiger partial charge < -0.3 is 10.2 Å². The summed E-state index contributed by atoms with van der Waals surface area (Å²) < 4.78 is 6.89. The Morgan fingerprint density at radius 2 is 1.88 bits per heavy atom. The van der Waals surface area contributed by atoms with Crippen LogP contribution in [0.15, 0.2) is 70.7 Å². The summed E-state index contributed by atoms with van der Waals surface area (Å²) in [5.41, 5.74) is 9.72. The van der Waals surface area contributed by atoms with E-state index in [9.17, 15) is 0 Å². The molecule has 126 valence electrons. The summed E-state index contributed by atoms with van der Waals surface area (Å²) in [7, 11) is 0. The van der Waals surface area contributed by atoms with E-state index in [1.54, 1.807) is 23.7 Å². The topological polar surface area (TPSA) is 82.2 Å². The zero-order valence-corrected chi connectivity index (χ0v) is 14.4. The van der Waals surface area contributed by atoms with Gasteiger partial charge in [0.1, 0.15) is 0 Å². The minimum Gasteiger partial charge on any atom is -0.461 e. The van der Waals surface area contributed by atoms with Crippen molar-refractivity contribution in [3.8, 4) is 33.3 Å². The smallest absolute Gasteiger partial charge is 0.223 e. The largest absolute Gasteiger partial charge is 0.461 e. The molecule has 0 saturated carbocycles. The van der Waals surface area contributed by atoms with Crippen molar-refractivity contribution in [2.24, 2.45) is 0 Å². The molecule has 4 heterocycles. The molecule has 4 aromatic heterocycles. The molecule has 0 aliphatic rings. The number of benzene rings is 1. The maximum atomic E-state index is 6.14. The van der Waals surface area contributed by atoms with E-state index in [4.69, 9.17) is 10.2 Å². The fourth-order valence-electron chi connectivity index (χ4n) is 2.88. The van der Waals surface area contributed by atoms with E-state index in [-0.39, 0.29) is 5.95 Å².